The zero-order valence-electron chi connectivity index (χ0n) is 19.5. The molecule has 0 unspecified atom stereocenters. The van der Waals surface area contributed by atoms with Crippen LogP contribution in [-0.4, -0.2) is 75.6 Å². The summed E-state index contributed by atoms with van der Waals surface area (Å²) >= 11 is 0. The van der Waals surface area contributed by atoms with Crippen molar-refractivity contribution in [1.82, 2.24) is 19.8 Å². The molecule has 2 aromatic heterocycles. The van der Waals surface area contributed by atoms with Crippen LogP contribution < -0.4 is 4.74 Å². The second kappa shape index (κ2) is 10.9. The number of rotatable bonds is 5. The Balaban J connectivity index is 1.98. The summed E-state index contributed by atoms with van der Waals surface area (Å²) in [5.74, 6) is 5.89. The normalized spacial score (nSPS) is 18.7. The molecule has 0 bridgehead atoms. The minimum atomic E-state index is -0.383. The molecule has 0 radical (unpaired) electrons. The molecule has 0 saturated carbocycles. The molecule has 2 aromatic rings. The Morgan fingerprint density at radius 1 is 1.36 bits per heavy atom. The number of nitrogens with zero attached hydrogens (tertiary/aromatic N) is 4. The Labute approximate surface area is 194 Å². The lowest BCUT2D eigenvalue weighted by atomic mass is 10.00. The minimum absolute atomic E-state index is 0.0127. The Hall–Kier alpha value is -3.44. The molecule has 33 heavy (non-hydrogen) atoms. The van der Waals surface area contributed by atoms with Crippen LogP contribution in [0.1, 0.15) is 48.7 Å². The number of pyridine rings is 2. The van der Waals surface area contributed by atoms with Crippen LogP contribution in [0.25, 0.3) is 0 Å². The largest absolute Gasteiger partial charge is 0.472 e. The van der Waals surface area contributed by atoms with Crippen LogP contribution in [0, 0.1) is 17.8 Å². The van der Waals surface area contributed by atoms with Crippen molar-refractivity contribution in [3.8, 4) is 17.7 Å². The first-order chi connectivity index (χ1) is 15.8. The Morgan fingerprint density at radius 2 is 2.12 bits per heavy atom. The van der Waals surface area contributed by atoms with Gasteiger partial charge in [0.25, 0.3) is 5.91 Å². The van der Waals surface area contributed by atoms with Gasteiger partial charge in [-0.3, -0.25) is 14.6 Å². The van der Waals surface area contributed by atoms with E-state index in [2.05, 4.69) is 21.8 Å². The summed E-state index contributed by atoms with van der Waals surface area (Å²) in [5, 5.41) is 9.76. The number of likely N-dealkylation sites (N-methyl/N-ethyl adjacent to an activating group) is 1. The van der Waals surface area contributed by atoms with Gasteiger partial charge in [0.05, 0.1) is 19.2 Å². The van der Waals surface area contributed by atoms with Crippen molar-refractivity contribution in [2.45, 2.75) is 39.3 Å². The van der Waals surface area contributed by atoms with Gasteiger partial charge < -0.3 is 19.6 Å². The van der Waals surface area contributed by atoms with Crippen molar-refractivity contribution < 1.29 is 19.4 Å². The average molecular weight is 451 g/mol. The van der Waals surface area contributed by atoms with Crippen molar-refractivity contribution >= 4 is 11.8 Å². The monoisotopic (exact) mass is 450 g/mol. The second-order valence-corrected chi connectivity index (χ2v) is 8.32. The second-order valence-electron chi connectivity index (χ2n) is 8.32. The van der Waals surface area contributed by atoms with E-state index in [1.165, 1.54) is 0 Å². The van der Waals surface area contributed by atoms with Gasteiger partial charge in [0.1, 0.15) is 11.7 Å². The predicted molar refractivity (Wildman–Crippen MR) is 124 cm³/mol. The van der Waals surface area contributed by atoms with Gasteiger partial charge in [-0.2, -0.15) is 0 Å². The summed E-state index contributed by atoms with van der Waals surface area (Å²) < 4.78 is 6.19. The van der Waals surface area contributed by atoms with Crippen LogP contribution in [0.5, 0.6) is 5.88 Å². The highest BCUT2D eigenvalue weighted by Crippen LogP contribution is 2.27. The lowest BCUT2D eigenvalue weighted by Crippen LogP contribution is -2.50. The van der Waals surface area contributed by atoms with Crippen LogP contribution >= 0.6 is 0 Å². The highest BCUT2D eigenvalue weighted by molar-refractivity contribution is 5.97. The third-order valence-corrected chi connectivity index (χ3v) is 5.72. The number of carbonyl (C=O) groups excluding carboxylic acids is 2. The molecule has 174 valence electrons. The number of hydrogen-bond donors (Lipinski definition) is 1. The van der Waals surface area contributed by atoms with E-state index >= 15 is 0 Å². The van der Waals surface area contributed by atoms with E-state index in [0.717, 1.165) is 5.56 Å². The van der Waals surface area contributed by atoms with Crippen LogP contribution in [0.2, 0.25) is 0 Å². The molecule has 0 saturated heterocycles. The highest BCUT2D eigenvalue weighted by atomic mass is 16.5. The van der Waals surface area contributed by atoms with Gasteiger partial charge >= 0.3 is 0 Å². The first-order valence-electron chi connectivity index (χ1n) is 11.1. The molecule has 3 rings (SSSR count). The zero-order valence-corrected chi connectivity index (χ0v) is 19.5. The maximum absolute atomic E-state index is 13.4. The first kappa shape index (κ1) is 24.2. The molecule has 8 nitrogen and oxygen atoms in total. The third kappa shape index (κ3) is 5.88. The summed E-state index contributed by atoms with van der Waals surface area (Å²) in [7, 11) is 1.74. The number of carbonyl (C=O) groups is 2. The van der Waals surface area contributed by atoms with Crippen LogP contribution in [0.3, 0.4) is 0 Å². The summed E-state index contributed by atoms with van der Waals surface area (Å²) in [5.41, 5.74) is 1.60. The Kier molecular flexibility index (Phi) is 8.01. The molecule has 2 amide bonds. The zero-order chi connectivity index (χ0) is 24.0. The number of ether oxygens (including phenoxy) is 1. The number of aromatic nitrogens is 2. The fourth-order valence-corrected chi connectivity index (χ4v) is 3.61. The maximum atomic E-state index is 13.4. The number of aliphatic hydroxyl groups excluding tert-OH is 1. The standard InChI is InChI=1S/C25H30N4O4/c1-5-23(31)28(4)15-22-17(2)14-29(18(3)16-30)25(32)21-11-20(13-27-24(21)33-22)9-8-19-7-6-10-26-12-19/h6-7,10-13,17-18,22,30H,5,14-16H2,1-4H3/t17-,18+,22-/m0/s1. The van der Waals surface area contributed by atoms with Gasteiger partial charge in [0.2, 0.25) is 11.8 Å². The highest BCUT2D eigenvalue weighted by Gasteiger charge is 2.34. The summed E-state index contributed by atoms with van der Waals surface area (Å²) in [6, 6.07) is 4.93. The molecule has 1 aliphatic heterocycles. The fraction of sp³-hybridized carbons (Fsp3) is 0.440. The van der Waals surface area contributed by atoms with Crippen LogP contribution in [0.15, 0.2) is 36.8 Å². The minimum Gasteiger partial charge on any atom is -0.472 e. The van der Waals surface area contributed by atoms with E-state index in [-0.39, 0.29) is 47.9 Å². The lowest BCUT2D eigenvalue weighted by molar-refractivity contribution is -0.131. The van der Waals surface area contributed by atoms with E-state index < -0.39 is 0 Å². The SMILES string of the molecule is CCC(=O)N(C)C[C@@H]1Oc2ncc(C#Cc3cccnc3)cc2C(=O)N([C@H](C)CO)C[C@@H]1C. The first-order valence-corrected chi connectivity index (χ1v) is 11.1. The van der Waals surface area contributed by atoms with Crippen LogP contribution in [0.4, 0.5) is 0 Å². The lowest BCUT2D eigenvalue weighted by Gasteiger charge is -2.37. The number of amides is 2. The van der Waals surface area contributed by atoms with Gasteiger partial charge in [-0.05, 0) is 25.1 Å². The molecule has 0 aliphatic carbocycles. The maximum Gasteiger partial charge on any atom is 0.259 e. The molecule has 3 heterocycles. The summed E-state index contributed by atoms with van der Waals surface area (Å²) in [6.45, 7) is 6.17. The van der Waals surface area contributed by atoms with E-state index in [1.54, 1.807) is 54.5 Å². The summed E-state index contributed by atoms with van der Waals surface area (Å²) in [6.07, 6.45) is 4.93. The average Bonchev–Trinajstić information content (AvgIpc) is 2.84. The number of fused-ring (bicyclic) bond motifs is 1. The number of hydrogen-bond acceptors (Lipinski definition) is 6. The fourth-order valence-electron chi connectivity index (χ4n) is 3.61. The molecular formula is C25H30N4O4. The van der Waals surface area contributed by atoms with Crippen molar-refractivity contribution in [3.05, 3.63) is 53.5 Å². The topological polar surface area (TPSA) is 95.9 Å². The van der Waals surface area contributed by atoms with Crippen molar-refractivity contribution in [3.63, 3.8) is 0 Å². The number of aliphatic hydroxyl groups is 1. The molecule has 1 aliphatic rings. The van der Waals surface area contributed by atoms with Gasteiger partial charge in [0, 0.05) is 55.6 Å². The van der Waals surface area contributed by atoms with E-state index in [9.17, 15) is 14.7 Å². The molecule has 8 heteroatoms. The van der Waals surface area contributed by atoms with Crippen molar-refractivity contribution in [1.29, 1.82) is 0 Å². The molecule has 0 aromatic carbocycles. The molecule has 3 atom stereocenters. The molecule has 1 N–H and O–H groups in total. The van der Waals surface area contributed by atoms with E-state index in [0.29, 0.717) is 25.1 Å². The molecule has 0 spiro atoms. The van der Waals surface area contributed by atoms with Gasteiger partial charge in [-0.25, -0.2) is 4.98 Å². The molecular weight excluding hydrogens is 420 g/mol. The Morgan fingerprint density at radius 3 is 2.79 bits per heavy atom. The van der Waals surface area contributed by atoms with E-state index in [4.69, 9.17) is 4.74 Å². The van der Waals surface area contributed by atoms with Crippen molar-refractivity contribution in [2.75, 3.05) is 26.7 Å². The quantitative estimate of drug-likeness (QED) is 0.700. The van der Waals surface area contributed by atoms with Gasteiger partial charge in [-0.15, -0.1) is 0 Å². The van der Waals surface area contributed by atoms with Gasteiger partial charge in [0.15, 0.2) is 0 Å². The smallest absolute Gasteiger partial charge is 0.259 e. The predicted octanol–water partition coefficient (Wildman–Crippen LogP) is 1.96. The van der Waals surface area contributed by atoms with Gasteiger partial charge in [-0.1, -0.05) is 25.7 Å². The van der Waals surface area contributed by atoms with E-state index in [1.807, 2.05) is 19.9 Å². The van der Waals surface area contributed by atoms with Crippen LogP contribution in [-0.2, 0) is 4.79 Å². The Bertz CT molecular complexity index is 1050. The summed E-state index contributed by atoms with van der Waals surface area (Å²) in [4.78, 5) is 37.3. The molecule has 0 fully saturated rings. The van der Waals surface area contributed by atoms with Crippen molar-refractivity contribution in [2.24, 2.45) is 5.92 Å². The third-order valence-electron chi connectivity index (χ3n) is 5.72.